The van der Waals surface area contributed by atoms with Gasteiger partial charge in [0, 0.05) is 5.57 Å². The van der Waals surface area contributed by atoms with Gasteiger partial charge in [0.05, 0.1) is 17.5 Å². The number of benzene rings is 2. The van der Waals surface area contributed by atoms with Crippen molar-refractivity contribution in [3.8, 4) is 22.6 Å². The molecule has 0 heterocycles. The fourth-order valence-corrected chi connectivity index (χ4v) is 6.18. The third-order valence-electron chi connectivity index (χ3n) is 7.63. The highest BCUT2D eigenvalue weighted by Crippen LogP contribution is 2.51. The summed E-state index contributed by atoms with van der Waals surface area (Å²) in [5, 5.41) is 42.4. The predicted octanol–water partition coefficient (Wildman–Crippen LogP) is 2.22. The Kier molecular flexibility index (Phi) is 5.40. The van der Waals surface area contributed by atoms with E-state index < -0.39 is 58.4 Å². The van der Waals surface area contributed by atoms with Crippen LogP contribution in [0.15, 0.2) is 53.3 Å². The molecule has 6 N–H and O–H groups in total. The van der Waals surface area contributed by atoms with E-state index in [1.807, 2.05) is 0 Å². The molecule has 1 saturated carbocycles. The quantitative estimate of drug-likeness (QED) is 0.323. The molecule has 36 heavy (non-hydrogen) atoms. The van der Waals surface area contributed by atoms with Gasteiger partial charge >= 0.3 is 0 Å². The summed E-state index contributed by atoms with van der Waals surface area (Å²) >= 11 is 0. The first-order chi connectivity index (χ1) is 17.0. The van der Waals surface area contributed by atoms with Gasteiger partial charge in [0.25, 0.3) is 5.91 Å². The zero-order chi connectivity index (χ0) is 26.0. The molecule has 2 aromatic carbocycles. The van der Waals surface area contributed by atoms with Crippen molar-refractivity contribution in [3.63, 3.8) is 0 Å². The van der Waals surface area contributed by atoms with E-state index in [4.69, 9.17) is 5.73 Å². The van der Waals surface area contributed by atoms with E-state index in [0.29, 0.717) is 12.0 Å². The molecule has 0 radical (unpaired) electrons. The van der Waals surface area contributed by atoms with Crippen molar-refractivity contribution in [2.45, 2.75) is 18.9 Å². The number of phenolic OH excluding ortho intramolecular Hbond substituents is 2. The maximum Gasteiger partial charge on any atom is 0.255 e. The molecule has 9 heteroatoms. The van der Waals surface area contributed by atoms with Gasteiger partial charge in [-0.05, 0) is 73.7 Å². The van der Waals surface area contributed by atoms with Crippen LogP contribution in [0.3, 0.4) is 0 Å². The Labute approximate surface area is 206 Å². The van der Waals surface area contributed by atoms with E-state index in [1.165, 1.54) is 18.2 Å². The summed E-state index contributed by atoms with van der Waals surface area (Å²) in [5.74, 6) is -5.94. The van der Waals surface area contributed by atoms with Crippen molar-refractivity contribution in [2.24, 2.45) is 23.5 Å². The number of allylic oxidation sites excluding steroid dienone is 1. The lowest BCUT2D eigenvalue weighted by Gasteiger charge is -2.46. The number of phenols is 2. The van der Waals surface area contributed by atoms with Crippen LogP contribution in [-0.2, 0) is 20.8 Å². The third kappa shape index (κ3) is 3.30. The van der Waals surface area contributed by atoms with Gasteiger partial charge in [0.15, 0.2) is 11.6 Å². The molecule has 0 bridgehead atoms. The minimum atomic E-state index is -1.28. The normalized spacial score (nSPS) is 25.5. The van der Waals surface area contributed by atoms with E-state index >= 15 is 0 Å². The molecule has 0 aromatic heterocycles. The second-order valence-electron chi connectivity index (χ2n) is 9.83. The van der Waals surface area contributed by atoms with Crippen LogP contribution in [0.1, 0.15) is 17.5 Å². The number of carbonyl (C=O) groups is 3. The highest BCUT2D eigenvalue weighted by molar-refractivity contribution is 6.28. The van der Waals surface area contributed by atoms with E-state index in [2.05, 4.69) is 0 Å². The summed E-state index contributed by atoms with van der Waals surface area (Å²) in [4.78, 5) is 40.6. The molecule has 1 fully saturated rings. The number of aliphatic hydroxyl groups is 2. The molecule has 0 aliphatic heterocycles. The van der Waals surface area contributed by atoms with Gasteiger partial charge in [-0.15, -0.1) is 0 Å². The van der Waals surface area contributed by atoms with Crippen LogP contribution < -0.4 is 5.73 Å². The molecule has 1 amide bonds. The number of fused-ring (bicyclic) bond motifs is 3. The standard InChI is InChI=1S/C27H26N2O7/c1-29(2)22-16-10-12-9-15-14(11-3-5-13(30)6-4-11)7-8-17(31)19(15)23(32)18(12)24(33)20(16)25(34)21(26(22)35)27(28)36/h3-8,12,16,20,22,30-32,35H,9-10H2,1-2H3,(H2,28,36)/t12?,16?,20?,22-/m0/s1. The Hall–Kier alpha value is -4.11. The molecule has 2 aromatic rings. The van der Waals surface area contributed by atoms with Gasteiger partial charge < -0.3 is 26.2 Å². The van der Waals surface area contributed by atoms with Gasteiger partial charge in [-0.25, -0.2) is 0 Å². The zero-order valence-corrected chi connectivity index (χ0v) is 19.7. The number of rotatable bonds is 3. The molecular formula is C27H26N2O7. The Morgan fingerprint density at radius 3 is 2.25 bits per heavy atom. The second-order valence-corrected chi connectivity index (χ2v) is 9.83. The Morgan fingerprint density at radius 2 is 1.64 bits per heavy atom. The lowest BCUT2D eigenvalue weighted by atomic mass is 9.59. The van der Waals surface area contributed by atoms with Gasteiger partial charge in [0.1, 0.15) is 28.6 Å². The molecule has 3 aliphatic rings. The van der Waals surface area contributed by atoms with E-state index in [-0.39, 0.29) is 29.1 Å². The number of hydrogen-bond acceptors (Lipinski definition) is 8. The molecule has 3 unspecified atom stereocenters. The summed E-state index contributed by atoms with van der Waals surface area (Å²) in [6.07, 6.45) is 0.584. The van der Waals surface area contributed by atoms with Gasteiger partial charge in [0.2, 0.25) is 0 Å². The lowest BCUT2D eigenvalue weighted by Crippen LogP contribution is -2.55. The Morgan fingerprint density at radius 1 is 0.972 bits per heavy atom. The fourth-order valence-electron chi connectivity index (χ4n) is 6.18. The van der Waals surface area contributed by atoms with Crippen molar-refractivity contribution >= 4 is 23.2 Å². The second kappa shape index (κ2) is 8.23. The average molecular weight is 491 g/mol. The van der Waals surface area contributed by atoms with Crippen LogP contribution in [0.25, 0.3) is 16.9 Å². The van der Waals surface area contributed by atoms with Crippen LogP contribution in [0.5, 0.6) is 11.5 Å². The number of Topliss-reactive ketones (excluding diaryl/α,β-unsaturated/α-hetero) is 2. The highest BCUT2D eigenvalue weighted by Gasteiger charge is 2.55. The van der Waals surface area contributed by atoms with Crippen LogP contribution >= 0.6 is 0 Å². The average Bonchev–Trinajstić information content (AvgIpc) is 2.79. The van der Waals surface area contributed by atoms with E-state index in [9.17, 15) is 34.8 Å². The van der Waals surface area contributed by atoms with Crippen LogP contribution in [0, 0.1) is 17.8 Å². The molecule has 0 spiro atoms. The summed E-state index contributed by atoms with van der Waals surface area (Å²) in [6, 6.07) is 8.86. The van der Waals surface area contributed by atoms with E-state index in [1.54, 1.807) is 37.2 Å². The van der Waals surface area contributed by atoms with Crippen LogP contribution in [0.2, 0.25) is 0 Å². The van der Waals surface area contributed by atoms with Crippen molar-refractivity contribution in [3.05, 3.63) is 64.4 Å². The highest BCUT2D eigenvalue weighted by atomic mass is 16.3. The third-order valence-corrected chi connectivity index (χ3v) is 7.63. The molecule has 5 rings (SSSR count). The largest absolute Gasteiger partial charge is 0.510 e. The minimum Gasteiger partial charge on any atom is -0.510 e. The van der Waals surface area contributed by atoms with Gasteiger partial charge in [-0.1, -0.05) is 18.2 Å². The first kappa shape index (κ1) is 23.6. The number of ketones is 2. The van der Waals surface area contributed by atoms with Crippen molar-refractivity contribution in [1.29, 1.82) is 0 Å². The summed E-state index contributed by atoms with van der Waals surface area (Å²) in [7, 11) is 3.35. The maximum absolute atomic E-state index is 13.7. The summed E-state index contributed by atoms with van der Waals surface area (Å²) in [6.45, 7) is 0. The molecule has 186 valence electrons. The SMILES string of the molecule is CN(C)[C@@H]1C(O)=C(C(N)=O)C(=O)C2C(=O)C3=C(O)c4c(O)ccc(-c5ccc(O)cc5)c4CC3CC21. The summed E-state index contributed by atoms with van der Waals surface area (Å²) in [5.41, 5.74) is 7.08. The number of hydrogen-bond donors (Lipinski definition) is 5. The number of carbonyl (C=O) groups excluding carboxylic acids is 3. The summed E-state index contributed by atoms with van der Waals surface area (Å²) < 4.78 is 0. The van der Waals surface area contributed by atoms with Crippen LogP contribution in [0.4, 0.5) is 0 Å². The number of primary amides is 1. The van der Waals surface area contributed by atoms with Crippen molar-refractivity contribution in [1.82, 2.24) is 4.90 Å². The molecule has 3 aliphatic carbocycles. The number of aromatic hydroxyl groups is 2. The number of amides is 1. The smallest absolute Gasteiger partial charge is 0.255 e. The Bertz CT molecular complexity index is 1390. The number of likely N-dealkylation sites (N-methyl/N-ethyl adjacent to an activating group) is 1. The van der Waals surface area contributed by atoms with E-state index in [0.717, 1.165) is 11.1 Å². The Balaban J connectivity index is 1.68. The number of nitrogens with zero attached hydrogens (tertiary/aromatic N) is 1. The fraction of sp³-hybridized carbons (Fsp3) is 0.296. The van der Waals surface area contributed by atoms with Gasteiger partial charge in [-0.2, -0.15) is 0 Å². The topological polar surface area (TPSA) is 161 Å². The number of nitrogens with two attached hydrogens (primary N) is 1. The zero-order valence-electron chi connectivity index (χ0n) is 19.7. The molecule has 0 saturated heterocycles. The molecule has 9 nitrogen and oxygen atoms in total. The first-order valence-corrected chi connectivity index (χ1v) is 11.6. The predicted molar refractivity (Wildman–Crippen MR) is 130 cm³/mol. The molecule has 4 atom stereocenters. The van der Waals surface area contributed by atoms with Crippen molar-refractivity contribution in [2.75, 3.05) is 14.1 Å². The van der Waals surface area contributed by atoms with Gasteiger partial charge in [-0.3, -0.25) is 19.3 Å². The van der Waals surface area contributed by atoms with Crippen LogP contribution in [-0.4, -0.2) is 62.9 Å². The maximum atomic E-state index is 13.7. The lowest BCUT2D eigenvalue weighted by molar-refractivity contribution is -0.136. The molecular weight excluding hydrogens is 464 g/mol. The van der Waals surface area contributed by atoms with Crippen molar-refractivity contribution < 1.29 is 34.8 Å². The monoisotopic (exact) mass is 490 g/mol. The first-order valence-electron chi connectivity index (χ1n) is 11.6. The number of aliphatic hydroxyl groups excluding tert-OH is 2. The minimum absolute atomic E-state index is 0.0398.